The van der Waals surface area contributed by atoms with E-state index in [1.807, 2.05) is 0 Å². The number of carboxylic acid groups (broad SMARTS) is 2. The highest BCUT2D eigenvalue weighted by Crippen LogP contribution is 2.27. The second kappa shape index (κ2) is 7.08. The number of imide groups is 2. The first-order valence-corrected chi connectivity index (χ1v) is 8.14. The van der Waals surface area contributed by atoms with Crippen LogP contribution < -0.4 is 0 Å². The molecule has 2 aromatic rings. The standard InChI is InChI=1S/C19H14N2O8/c1-20-15(22)13(16(23)21(2)19(20)28)8-12-3-4-14(29-12)9-5-10(17(24)25)7-11(6-9)18(26)27/h3-8H,1-2H3,(H,24,25)(H,26,27). The lowest BCUT2D eigenvalue weighted by Crippen LogP contribution is -2.52. The van der Waals surface area contributed by atoms with Gasteiger partial charge in [-0.1, -0.05) is 0 Å². The molecule has 1 aromatic carbocycles. The first kappa shape index (κ1) is 19.5. The zero-order valence-electron chi connectivity index (χ0n) is 15.2. The Balaban J connectivity index is 2.02. The molecular weight excluding hydrogens is 384 g/mol. The lowest BCUT2D eigenvalue weighted by atomic mass is 10.0. The summed E-state index contributed by atoms with van der Waals surface area (Å²) in [6, 6.07) is 5.59. The molecule has 0 spiro atoms. The van der Waals surface area contributed by atoms with Gasteiger partial charge in [-0.3, -0.25) is 19.4 Å². The number of amides is 4. The van der Waals surface area contributed by atoms with E-state index in [9.17, 15) is 24.0 Å². The van der Waals surface area contributed by atoms with E-state index in [1.165, 1.54) is 38.4 Å². The van der Waals surface area contributed by atoms with Crippen molar-refractivity contribution in [2.45, 2.75) is 0 Å². The summed E-state index contributed by atoms with van der Waals surface area (Å²) in [5, 5.41) is 18.3. The number of hydrogen-bond donors (Lipinski definition) is 2. The van der Waals surface area contributed by atoms with Gasteiger partial charge < -0.3 is 14.6 Å². The van der Waals surface area contributed by atoms with Crippen LogP contribution in [0.1, 0.15) is 26.5 Å². The van der Waals surface area contributed by atoms with Gasteiger partial charge in [0.2, 0.25) is 0 Å². The molecule has 0 saturated carbocycles. The van der Waals surface area contributed by atoms with Gasteiger partial charge >= 0.3 is 18.0 Å². The van der Waals surface area contributed by atoms with Crippen molar-refractivity contribution in [1.29, 1.82) is 0 Å². The number of carbonyl (C=O) groups is 5. The molecule has 1 saturated heterocycles. The third kappa shape index (κ3) is 3.50. The molecule has 0 radical (unpaired) electrons. The number of benzene rings is 1. The van der Waals surface area contributed by atoms with Gasteiger partial charge in [-0.2, -0.15) is 0 Å². The summed E-state index contributed by atoms with van der Waals surface area (Å²) >= 11 is 0. The van der Waals surface area contributed by atoms with E-state index in [0.717, 1.165) is 21.9 Å². The van der Waals surface area contributed by atoms with E-state index >= 15 is 0 Å². The van der Waals surface area contributed by atoms with Crippen molar-refractivity contribution >= 4 is 35.9 Å². The summed E-state index contributed by atoms with van der Waals surface area (Å²) in [5.41, 5.74) is -0.579. The molecule has 0 bridgehead atoms. The minimum Gasteiger partial charge on any atom is -0.478 e. The summed E-state index contributed by atoms with van der Waals surface area (Å²) in [4.78, 5) is 60.3. The molecule has 2 heterocycles. The van der Waals surface area contributed by atoms with E-state index in [4.69, 9.17) is 14.6 Å². The number of nitrogens with zero attached hydrogens (tertiary/aromatic N) is 2. The summed E-state index contributed by atoms with van der Waals surface area (Å²) < 4.78 is 5.55. The van der Waals surface area contributed by atoms with Crippen molar-refractivity contribution in [3.63, 3.8) is 0 Å². The number of aromatic carboxylic acids is 2. The SMILES string of the molecule is CN1C(=O)C(=Cc2ccc(-c3cc(C(=O)O)cc(C(=O)O)c3)o2)C(=O)N(C)C1=O. The molecule has 1 fully saturated rings. The van der Waals surface area contributed by atoms with Gasteiger partial charge in [0.1, 0.15) is 17.1 Å². The van der Waals surface area contributed by atoms with Crippen LogP contribution in [0, 0.1) is 0 Å². The van der Waals surface area contributed by atoms with Gasteiger partial charge in [0.05, 0.1) is 11.1 Å². The molecule has 1 aliphatic heterocycles. The number of carboxylic acids is 2. The average Bonchev–Trinajstić information content (AvgIpc) is 3.16. The van der Waals surface area contributed by atoms with E-state index in [-0.39, 0.29) is 33.8 Å². The van der Waals surface area contributed by atoms with E-state index < -0.39 is 29.8 Å². The topological polar surface area (TPSA) is 145 Å². The van der Waals surface area contributed by atoms with Crippen molar-refractivity contribution in [2.24, 2.45) is 0 Å². The van der Waals surface area contributed by atoms with E-state index in [2.05, 4.69) is 0 Å². The molecule has 10 heteroatoms. The Hall–Kier alpha value is -4.21. The minimum absolute atomic E-state index is 0.0884. The highest BCUT2D eigenvalue weighted by molar-refractivity contribution is 6.30. The smallest absolute Gasteiger partial charge is 0.335 e. The van der Waals surface area contributed by atoms with Crippen molar-refractivity contribution in [3.8, 4) is 11.3 Å². The monoisotopic (exact) mass is 398 g/mol. The lowest BCUT2D eigenvalue weighted by molar-refractivity contribution is -0.134. The first-order valence-electron chi connectivity index (χ1n) is 8.14. The molecule has 1 aromatic heterocycles. The van der Waals surface area contributed by atoms with Gasteiger partial charge in [-0.05, 0) is 36.4 Å². The largest absolute Gasteiger partial charge is 0.478 e. The zero-order valence-corrected chi connectivity index (χ0v) is 15.2. The normalized spacial score (nSPS) is 14.4. The maximum Gasteiger partial charge on any atom is 0.335 e. The second-order valence-electron chi connectivity index (χ2n) is 6.18. The molecule has 29 heavy (non-hydrogen) atoms. The predicted octanol–water partition coefficient (Wildman–Crippen LogP) is 1.78. The maximum absolute atomic E-state index is 12.2. The van der Waals surface area contributed by atoms with Crippen LogP contribution in [0.4, 0.5) is 4.79 Å². The van der Waals surface area contributed by atoms with Gasteiger partial charge in [0, 0.05) is 19.7 Å². The molecule has 2 N–H and O–H groups in total. The van der Waals surface area contributed by atoms with Gasteiger partial charge in [-0.15, -0.1) is 0 Å². The Morgan fingerprint density at radius 1 is 0.897 bits per heavy atom. The second-order valence-corrected chi connectivity index (χ2v) is 6.18. The molecular formula is C19H14N2O8. The third-order valence-corrected chi connectivity index (χ3v) is 4.27. The minimum atomic E-state index is -1.31. The predicted molar refractivity (Wildman–Crippen MR) is 97.0 cm³/mol. The Morgan fingerprint density at radius 3 is 1.90 bits per heavy atom. The first-order chi connectivity index (χ1) is 13.6. The number of barbiturate groups is 1. The number of urea groups is 1. The van der Waals surface area contributed by atoms with Crippen molar-refractivity contribution in [3.05, 3.63) is 52.8 Å². The lowest BCUT2D eigenvalue weighted by Gasteiger charge is -2.28. The highest BCUT2D eigenvalue weighted by Gasteiger charge is 2.38. The Morgan fingerprint density at radius 2 is 1.41 bits per heavy atom. The van der Waals surface area contributed by atoms with Crippen LogP contribution in [0.5, 0.6) is 0 Å². The Kier molecular flexibility index (Phi) is 4.77. The van der Waals surface area contributed by atoms with Crippen molar-refractivity contribution < 1.29 is 38.6 Å². The summed E-state index contributed by atoms with van der Waals surface area (Å²) in [7, 11) is 2.47. The molecule has 3 rings (SSSR count). The summed E-state index contributed by atoms with van der Waals surface area (Å²) in [6.45, 7) is 0. The van der Waals surface area contributed by atoms with Crippen LogP contribution >= 0.6 is 0 Å². The number of hydrogen-bond acceptors (Lipinski definition) is 6. The fourth-order valence-electron chi connectivity index (χ4n) is 2.72. The zero-order chi connectivity index (χ0) is 21.5. The van der Waals surface area contributed by atoms with E-state index in [0.29, 0.717) is 0 Å². The number of carbonyl (C=O) groups excluding carboxylic acids is 3. The van der Waals surface area contributed by atoms with Gasteiger partial charge in [-0.25, -0.2) is 14.4 Å². The average molecular weight is 398 g/mol. The summed E-state index contributed by atoms with van der Waals surface area (Å²) in [5.74, 6) is -3.98. The van der Waals surface area contributed by atoms with Crippen LogP contribution in [0.2, 0.25) is 0 Å². The van der Waals surface area contributed by atoms with Gasteiger partial charge in [0.25, 0.3) is 11.8 Å². The molecule has 148 valence electrons. The van der Waals surface area contributed by atoms with E-state index in [1.54, 1.807) is 0 Å². The van der Waals surface area contributed by atoms with Crippen LogP contribution in [0.25, 0.3) is 17.4 Å². The Bertz CT molecular complexity index is 1050. The van der Waals surface area contributed by atoms with Crippen molar-refractivity contribution in [2.75, 3.05) is 14.1 Å². The van der Waals surface area contributed by atoms with Crippen LogP contribution in [-0.2, 0) is 9.59 Å². The van der Waals surface area contributed by atoms with Crippen LogP contribution in [0.3, 0.4) is 0 Å². The maximum atomic E-state index is 12.2. The van der Waals surface area contributed by atoms with Crippen molar-refractivity contribution in [1.82, 2.24) is 9.80 Å². The van der Waals surface area contributed by atoms with Crippen LogP contribution in [0.15, 0.2) is 40.3 Å². The fourth-order valence-corrected chi connectivity index (χ4v) is 2.72. The number of furan rings is 1. The molecule has 4 amide bonds. The fraction of sp³-hybridized carbons (Fsp3) is 0.105. The number of likely N-dealkylation sites (N-methyl/N-ethyl adjacent to an activating group) is 2. The molecule has 1 aliphatic rings. The summed E-state index contributed by atoms with van der Waals surface area (Å²) in [6.07, 6.45) is 1.16. The van der Waals surface area contributed by atoms with Crippen LogP contribution in [-0.4, -0.2) is 63.9 Å². The molecule has 0 unspecified atom stereocenters. The Labute approximate surface area is 163 Å². The molecule has 0 aliphatic carbocycles. The van der Waals surface area contributed by atoms with Gasteiger partial charge in [0.15, 0.2) is 0 Å². The quantitative estimate of drug-likeness (QED) is 0.585. The number of rotatable bonds is 4. The highest BCUT2D eigenvalue weighted by atomic mass is 16.4. The molecule has 0 atom stereocenters. The molecule has 10 nitrogen and oxygen atoms in total. The third-order valence-electron chi connectivity index (χ3n) is 4.27.